The molecule has 1 heterocycles. The molecule has 0 saturated heterocycles. The molecule has 0 amide bonds. The largest absolute Gasteiger partial charge is 0.478 e. The van der Waals surface area contributed by atoms with Crippen LogP contribution in [0.2, 0.25) is 0 Å². The number of anilines is 2. The molecule has 0 unspecified atom stereocenters. The third-order valence-electron chi connectivity index (χ3n) is 2.30. The summed E-state index contributed by atoms with van der Waals surface area (Å²) in [6.45, 7) is 1.77. The Balaban J connectivity index is 2.31. The van der Waals surface area contributed by atoms with Crippen LogP contribution in [0.5, 0.6) is 0 Å². The van der Waals surface area contributed by atoms with E-state index in [0.717, 1.165) is 9.26 Å². The van der Waals surface area contributed by atoms with Crippen LogP contribution in [0.3, 0.4) is 0 Å². The molecule has 0 saturated carbocycles. The summed E-state index contributed by atoms with van der Waals surface area (Å²) < 4.78 is 1.10. The van der Waals surface area contributed by atoms with Crippen molar-refractivity contribution in [3.8, 4) is 0 Å². The van der Waals surface area contributed by atoms with Crippen molar-refractivity contribution in [2.45, 2.75) is 6.92 Å². The normalized spacial score (nSPS) is 10.1. The number of hydrogen-bond acceptors (Lipinski definition) is 3. The van der Waals surface area contributed by atoms with Gasteiger partial charge in [-0.3, -0.25) is 0 Å². The van der Waals surface area contributed by atoms with Crippen molar-refractivity contribution in [1.29, 1.82) is 0 Å². The first-order chi connectivity index (χ1) is 8.54. The maximum atomic E-state index is 11.0. The molecule has 0 bridgehead atoms. The van der Waals surface area contributed by atoms with E-state index in [1.165, 1.54) is 6.07 Å². The maximum Gasteiger partial charge on any atom is 0.335 e. The Bertz CT molecular complexity index is 599. The van der Waals surface area contributed by atoms with Gasteiger partial charge in [-0.05, 0) is 59.8 Å². The Morgan fingerprint density at radius 2 is 2.11 bits per heavy atom. The third-order valence-corrected chi connectivity index (χ3v) is 2.97. The average Bonchev–Trinajstić information content (AvgIpc) is 2.28. The molecular weight excluding hydrogens is 343 g/mol. The number of benzene rings is 1. The van der Waals surface area contributed by atoms with Crippen LogP contribution in [0.4, 0.5) is 11.5 Å². The van der Waals surface area contributed by atoms with E-state index < -0.39 is 5.97 Å². The van der Waals surface area contributed by atoms with Crippen molar-refractivity contribution >= 4 is 40.1 Å². The Labute approximate surface area is 118 Å². The molecule has 4 nitrogen and oxygen atoms in total. The summed E-state index contributed by atoms with van der Waals surface area (Å²) in [5, 5.41) is 12.1. The van der Waals surface area contributed by atoms with Gasteiger partial charge in [-0.25, -0.2) is 9.78 Å². The molecule has 2 N–H and O–H groups in total. The fourth-order valence-corrected chi connectivity index (χ4v) is 2.11. The van der Waals surface area contributed by atoms with Gasteiger partial charge in [0.05, 0.1) is 5.56 Å². The second kappa shape index (κ2) is 5.34. The fraction of sp³-hybridized carbons (Fsp3) is 0.0769. The van der Waals surface area contributed by atoms with Crippen molar-refractivity contribution in [2.75, 3.05) is 5.32 Å². The summed E-state index contributed by atoms with van der Waals surface area (Å²) in [6.07, 6.45) is 0. The Morgan fingerprint density at radius 1 is 1.33 bits per heavy atom. The van der Waals surface area contributed by atoms with Crippen LogP contribution in [-0.4, -0.2) is 16.1 Å². The first-order valence-corrected chi connectivity index (χ1v) is 6.37. The molecule has 0 fully saturated rings. The van der Waals surface area contributed by atoms with Gasteiger partial charge in [-0.1, -0.05) is 6.07 Å². The molecule has 2 rings (SSSR count). The minimum absolute atomic E-state index is 0.232. The van der Waals surface area contributed by atoms with Crippen LogP contribution in [0, 0.1) is 10.5 Å². The summed E-state index contributed by atoms with van der Waals surface area (Å²) in [7, 11) is 0. The molecule has 0 spiro atoms. The molecule has 0 aliphatic rings. The average molecular weight is 354 g/mol. The number of nitrogens with zero attached hydrogens (tertiary/aromatic N) is 1. The van der Waals surface area contributed by atoms with Crippen molar-refractivity contribution in [1.82, 2.24) is 4.98 Å². The number of aryl methyl sites for hydroxylation is 1. The van der Waals surface area contributed by atoms with Gasteiger partial charge >= 0.3 is 5.97 Å². The molecule has 0 aliphatic heterocycles. The Morgan fingerprint density at radius 3 is 2.78 bits per heavy atom. The SMILES string of the molecule is Cc1cc(C(=O)O)cc(Nc2cccc(I)c2)n1. The zero-order valence-electron chi connectivity index (χ0n) is 9.64. The van der Waals surface area contributed by atoms with Gasteiger partial charge in [0.15, 0.2) is 0 Å². The number of aromatic carboxylic acids is 1. The Hall–Kier alpha value is -1.63. The number of halogens is 1. The first-order valence-electron chi connectivity index (χ1n) is 5.29. The Kier molecular flexibility index (Phi) is 3.81. The van der Waals surface area contributed by atoms with Gasteiger partial charge in [0, 0.05) is 15.0 Å². The van der Waals surface area contributed by atoms with Crippen molar-refractivity contribution in [3.63, 3.8) is 0 Å². The number of carboxylic acids is 1. The van der Waals surface area contributed by atoms with E-state index in [9.17, 15) is 4.79 Å². The van der Waals surface area contributed by atoms with Gasteiger partial charge < -0.3 is 10.4 Å². The highest BCUT2D eigenvalue weighted by Gasteiger charge is 2.06. The highest BCUT2D eigenvalue weighted by Crippen LogP contribution is 2.18. The number of carbonyl (C=O) groups is 1. The lowest BCUT2D eigenvalue weighted by atomic mass is 10.2. The zero-order valence-corrected chi connectivity index (χ0v) is 11.8. The van der Waals surface area contributed by atoms with Crippen molar-refractivity contribution < 1.29 is 9.90 Å². The molecule has 0 aliphatic carbocycles. The number of nitrogens with one attached hydrogen (secondary N) is 1. The number of pyridine rings is 1. The molecule has 1 aromatic carbocycles. The quantitative estimate of drug-likeness (QED) is 0.829. The summed E-state index contributed by atoms with van der Waals surface area (Å²) in [6, 6.07) is 10.9. The monoisotopic (exact) mass is 354 g/mol. The van der Waals surface area contributed by atoms with Crippen LogP contribution < -0.4 is 5.32 Å². The molecule has 0 radical (unpaired) electrons. The summed E-state index contributed by atoms with van der Waals surface area (Å²) >= 11 is 2.22. The van der Waals surface area contributed by atoms with E-state index in [-0.39, 0.29) is 5.56 Å². The summed E-state index contributed by atoms with van der Waals surface area (Å²) in [5.41, 5.74) is 1.79. The minimum atomic E-state index is -0.953. The van der Waals surface area contributed by atoms with Crippen LogP contribution in [0.15, 0.2) is 36.4 Å². The summed E-state index contributed by atoms with van der Waals surface area (Å²) in [4.78, 5) is 15.2. The van der Waals surface area contributed by atoms with E-state index in [0.29, 0.717) is 11.5 Å². The molecule has 18 heavy (non-hydrogen) atoms. The smallest absolute Gasteiger partial charge is 0.335 e. The van der Waals surface area contributed by atoms with Crippen LogP contribution in [0.25, 0.3) is 0 Å². The third kappa shape index (κ3) is 3.19. The topological polar surface area (TPSA) is 62.2 Å². The first kappa shape index (κ1) is 12.8. The minimum Gasteiger partial charge on any atom is -0.478 e. The standard InChI is InChI=1S/C13H11IN2O2/c1-8-5-9(13(17)18)6-12(15-8)16-11-4-2-3-10(14)7-11/h2-7H,1H3,(H,15,16)(H,17,18). The van der Waals surface area contributed by atoms with Gasteiger partial charge in [0.25, 0.3) is 0 Å². The van der Waals surface area contributed by atoms with Crippen LogP contribution >= 0.6 is 22.6 Å². The zero-order chi connectivity index (χ0) is 13.1. The lowest BCUT2D eigenvalue weighted by Crippen LogP contribution is -2.02. The van der Waals surface area contributed by atoms with Crippen molar-refractivity contribution in [2.24, 2.45) is 0 Å². The predicted molar refractivity (Wildman–Crippen MR) is 78.4 cm³/mol. The second-order valence-electron chi connectivity index (χ2n) is 3.82. The molecule has 5 heteroatoms. The van der Waals surface area contributed by atoms with Gasteiger partial charge in [-0.2, -0.15) is 0 Å². The lowest BCUT2D eigenvalue weighted by molar-refractivity contribution is 0.0696. The highest BCUT2D eigenvalue weighted by atomic mass is 127. The van der Waals surface area contributed by atoms with E-state index >= 15 is 0 Å². The van der Waals surface area contributed by atoms with Gasteiger partial charge in [0.1, 0.15) is 5.82 Å². The molecule has 92 valence electrons. The number of rotatable bonds is 3. The lowest BCUT2D eigenvalue weighted by Gasteiger charge is -2.08. The number of aromatic nitrogens is 1. The maximum absolute atomic E-state index is 11.0. The van der Waals surface area contributed by atoms with Gasteiger partial charge in [-0.15, -0.1) is 0 Å². The van der Waals surface area contributed by atoms with Crippen LogP contribution in [-0.2, 0) is 0 Å². The molecule has 0 atom stereocenters. The molecule has 2 aromatic rings. The van der Waals surface area contributed by atoms with E-state index in [1.807, 2.05) is 24.3 Å². The summed E-state index contributed by atoms with van der Waals surface area (Å²) in [5.74, 6) is -0.416. The van der Waals surface area contributed by atoms with Crippen molar-refractivity contribution in [3.05, 3.63) is 51.2 Å². The fourth-order valence-electron chi connectivity index (χ4n) is 1.57. The molecule has 1 aromatic heterocycles. The highest BCUT2D eigenvalue weighted by molar-refractivity contribution is 14.1. The number of hydrogen-bond donors (Lipinski definition) is 2. The van der Waals surface area contributed by atoms with E-state index in [1.54, 1.807) is 13.0 Å². The van der Waals surface area contributed by atoms with E-state index in [4.69, 9.17) is 5.11 Å². The second-order valence-corrected chi connectivity index (χ2v) is 5.07. The van der Waals surface area contributed by atoms with Gasteiger partial charge in [0.2, 0.25) is 0 Å². The molecular formula is C13H11IN2O2. The predicted octanol–water partition coefficient (Wildman–Crippen LogP) is 3.44. The van der Waals surface area contributed by atoms with E-state index in [2.05, 4.69) is 32.9 Å². The van der Waals surface area contributed by atoms with Crippen LogP contribution in [0.1, 0.15) is 16.1 Å². The number of carboxylic acid groups (broad SMARTS) is 1.